The van der Waals surface area contributed by atoms with Crippen molar-refractivity contribution in [2.45, 2.75) is 25.9 Å². The molecule has 1 aromatic carbocycles. The van der Waals surface area contributed by atoms with Gasteiger partial charge < -0.3 is 10.6 Å². The number of non-ortho nitro benzene ring substituents is 1. The minimum absolute atomic E-state index is 0.0230. The van der Waals surface area contributed by atoms with E-state index in [1.54, 1.807) is 19.2 Å². The van der Waals surface area contributed by atoms with Gasteiger partial charge in [0.2, 0.25) is 5.91 Å². The molecule has 1 aliphatic rings. The maximum absolute atomic E-state index is 12.0. The van der Waals surface area contributed by atoms with E-state index in [1.165, 1.54) is 6.07 Å². The first-order valence-electron chi connectivity index (χ1n) is 6.84. The molecule has 0 unspecified atom stereocenters. The number of piperazine rings is 1. The number of carbonyl (C=O) groups is 1. The molecular weight excluding hydrogens is 272 g/mol. The summed E-state index contributed by atoms with van der Waals surface area (Å²) in [6.45, 7) is 5.50. The van der Waals surface area contributed by atoms with E-state index in [1.807, 2.05) is 18.7 Å². The minimum atomic E-state index is -0.631. The lowest BCUT2D eigenvalue weighted by atomic mass is 9.97. The van der Waals surface area contributed by atoms with E-state index < -0.39 is 10.5 Å². The largest absolute Gasteiger partial charge is 0.388 e. The minimum Gasteiger partial charge on any atom is -0.388 e. The number of benzene rings is 1. The molecule has 7 nitrogen and oxygen atoms in total. The third-order valence-electron chi connectivity index (χ3n) is 3.94. The van der Waals surface area contributed by atoms with Crippen LogP contribution in [-0.4, -0.2) is 41.4 Å². The first kappa shape index (κ1) is 15.2. The molecule has 1 fully saturated rings. The van der Waals surface area contributed by atoms with Crippen molar-refractivity contribution in [3.05, 3.63) is 33.9 Å². The Hall–Kier alpha value is -2.15. The summed E-state index contributed by atoms with van der Waals surface area (Å²) in [6, 6.07) is 4.74. The van der Waals surface area contributed by atoms with Crippen molar-refractivity contribution < 1.29 is 9.72 Å². The summed E-state index contributed by atoms with van der Waals surface area (Å²) < 4.78 is 0. The van der Waals surface area contributed by atoms with Gasteiger partial charge in [0.05, 0.1) is 10.5 Å². The molecule has 21 heavy (non-hydrogen) atoms. The number of anilines is 1. The zero-order chi connectivity index (χ0) is 15.6. The average molecular weight is 292 g/mol. The van der Waals surface area contributed by atoms with Gasteiger partial charge in [0.25, 0.3) is 5.69 Å². The fourth-order valence-corrected chi connectivity index (χ4v) is 2.49. The number of nitro groups is 1. The first-order chi connectivity index (χ1) is 9.86. The van der Waals surface area contributed by atoms with Gasteiger partial charge in [0.1, 0.15) is 0 Å². The molecule has 2 rings (SSSR count). The molecule has 0 aromatic heterocycles. The summed E-state index contributed by atoms with van der Waals surface area (Å²) >= 11 is 0. The average Bonchev–Trinajstić information content (AvgIpc) is 2.44. The molecule has 1 heterocycles. The van der Waals surface area contributed by atoms with Crippen LogP contribution in [0.4, 0.5) is 11.4 Å². The molecule has 0 aliphatic carbocycles. The molecule has 114 valence electrons. The number of nitrogens with one attached hydrogen (secondary N) is 2. The quantitative estimate of drug-likeness (QED) is 0.646. The second-order valence-corrected chi connectivity index (χ2v) is 5.59. The molecule has 2 N–H and O–H groups in total. The summed E-state index contributed by atoms with van der Waals surface area (Å²) in [7, 11) is 1.78. The van der Waals surface area contributed by atoms with Crippen LogP contribution in [0.1, 0.15) is 19.4 Å². The number of carbonyl (C=O) groups excluding carboxylic acids is 1. The maximum atomic E-state index is 12.0. The van der Waals surface area contributed by atoms with Crippen LogP contribution in [0.3, 0.4) is 0 Å². The predicted octanol–water partition coefficient (Wildman–Crippen LogP) is 1.35. The Bertz CT molecular complexity index is 571. The van der Waals surface area contributed by atoms with E-state index >= 15 is 0 Å². The third-order valence-corrected chi connectivity index (χ3v) is 3.94. The van der Waals surface area contributed by atoms with Gasteiger partial charge >= 0.3 is 0 Å². The Morgan fingerprint density at radius 3 is 2.81 bits per heavy atom. The molecule has 0 atom stereocenters. The zero-order valence-electron chi connectivity index (χ0n) is 12.5. The van der Waals surface area contributed by atoms with E-state index in [4.69, 9.17) is 0 Å². The van der Waals surface area contributed by atoms with E-state index in [-0.39, 0.29) is 11.6 Å². The smallest absolute Gasteiger partial charge is 0.269 e. The van der Waals surface area contributed by atoms with Crippen LogP contribution in [0.15, 0.2) is 18.2 Å². The van der Waals surface area contributed by atoms with Gasteiger partial charge in [-0.1, -0.05) is 0 Å². The Morgan fingerprint density at radius 2 is 2.19 bits per heavy atom. The van der Waals surface area contributed by atoms with Crippen molar-refractivity contribution in [1.82, 2.24) is 10.2 Å². The number of nitro benzene ring substituents is 1. The maximum Gasteiger partial charge on any atom is 0.269 e. The van der Waals surface area contributed by atoms with Crippen LogP contribution in [-0.2, 0) is 11.3 Å². The topological polar surface area (TPSA) is 87.5 Å². The normalized spacial score (nSPS) is 18.1. The van der Waals surface area contributed by atoms with E-state index in [9.17, 15) is 14.9 Å². The van der Waals surface area contributed by atoms with Crippen LogP contribution in [0.2, 0.25) is 0 Å². The number of nitrogens with zero attached hydrogens (tertiary/aromatic N) is 2. The van der Waals surface area contributed by atoms with Crippen LogP contribution in [0.5, 0.6) is 0 Å². The number of amides is 1. The van der Waals surface area contributed by atoms with Gasteiger partial charge in [0.15, 0.2) is 0 Å². The summed E-state index contributed by atoms with van der Waals surface area (Å²) in [5, 5.41) is 16.8. The van der Waals surface area contributed by atoms with E-state index in [0.717, 1.165) is 11.3 Å². The molecule has 0 bridgehead atoms. The Morgan fingerprint density at radius 1 is 1.48 bits per heavy atom. The predicted molar refractivity (Wildman–Crippen MR) is 80.1 cm³/mol. The van der Waals surface area contributed by atoms with Crippen molar-refractivity contribution in [3.63, 3.8) is 0 Å². The van der Waals surface area contributed by atoms with Gasteiger partial charge in [-0.3, -0.25) is 19.8 Å². The molecule has 1 aliphatic heterocycles. The SMILES string of the molecule is CNc1ccc([N+](=O)[O-])cc1CN1CCNC(=O)C1(C)C. The summed E-state index contributed by atoms with van der Waals surface area (Å²) in [5.41, 5.74) is 1.08. The number of hydrogen-bond acceptors (Lipinski definition) is 5. The van der Waals surface area contributed by atoms with Crippen LogP contribution >= 0.6 is 0 Å². The third kappa shape index (κ3) is 2.97. The van der Waals surface area contributed by atoms with Crippen LogP contribution in [0, 0.1) is 10.1 Å². The molecule has 1 amide bonds. The second-order valence-electron chi connectivity index (χ2n) is 5.59. The highest BCUT2D eigenvalue weighted by atomic mass is 16.6. The van der Waals surface area contributed by atoms with Crippen molar-refractivity contribution >= 4 is 17.3 Å². The Labute approximate surface area is 123 Å². The van der Waals surface area contributed by atoms with Crippen molar-refractivity contribution in [2.24, 2.45) is 0 Å². The zero-order valence-corrected chi connectivity index (χ0v) is 12.5. The fraction of sp³-hybridized carbons (Fsp3) is 0.500. The highest BCUT2D eigenvalue weighted by Crippen LogP contribution is 2.27. The van der Waals surface area contributed by atoms with Crippen molar-refractivity contribution in [2.75, 3.05) is 25.5 Å². The fourth-order valence-electron chi connectivity index (χ4n) is 2.49. The van der Waals surface area contributed by atoms with E-state index in [0.29, 0.717) is 19.6 Å². The van der Waals surface area contributed by atoms with Gasteiger partial charge in [-0.25, -0.2) is 0 Å². The molecule has 0 radical (unpaired) electrons. The molecule has 0 spiro atoms. The Balaban J connectivity index is 2.31. The standard InChI is InChI=1S/C14H20N4O3/c1-14(2)13(19)16-6-7-17(14)9-10-8-11(18(20)21)4-5-12(10)15-3/h4-5,8,15H,6-7,9H2,1-3H3,(H,16,19). The lowest BCUT2D eigenvalue weighted by Gasteiger charge is -2.41. The van der Waals surface area contributed by atoms with Crippen LogP contribution < -0.4 is 10.6 Å². The molecule has 0 saturated carbocycles. The molecular formula is C14H20N4O3. The molecule has 7 heteroatoms. The Kier molecular flexibility index (Phi) is 4.13. The number of hydrogen-bond donors (Lipinski definition) is 2. The van der Waals surface area contributed by atoms with E-state index in [2.05, 4.69) is 10.6 Å². The highest BCUT2D eigenvalue weighted by molar-refractivity contribution is 5.86. The summed E-state index contributed by atoms with van der Waals surface area (Å²) in [5.74, 6) is -0.0230. The van der Waals surface area contributed by atoms with Gasteiger partial charge in [-0.15, -0.1) is 0 Å². The summed E-state index contributed by atoms with van der Waals surface area (Å²) in [6.07, 6.45) is 0. The first-order valence-corrected chi connectivity index (χ1v) is 6.84. The highest BCUT2D eigenvalue weighted by Gasteiger charge is 2.37. The van der Waals surface area contributed by atoms with Gasteiger partial charge in [-0.2, -0.15) is 0 Å². The lowest BCUT2D eigenvalue weighted by molar-refractivity contribution is -0.384. The van der Waals surface area contributed by atoms with Gasteiger partial charge in [0, 0.05) is 44.5 Å². The summed E-state index contributed by atoms with van der Waals surface area (Å²) in [4.78, 5) is 24.5. The monoisotopic (exact) mass is 292 g/mol. The molecule has 1 aromatic rings. The lowest BCUT2D eigenvalue weighted by Crippen LogP contribution is -2.61. The van der Waals surface area contributed by atoms with Gasteiger partial charge in [-0.05, 0) is 25.5 Å². The van der Waals surface area contributed by atoms with Crippen molar-refractivity contribution in [3.8, 4) is 0 Å². The number of rotatable bonds is 4. The van der Waals surface area contributed by atoms with Crippen molar-refractivity contribution in [1.29, 1.82) is 0 Å². The van der Waals surface area contributed by atoms with Crippen LogP contribution in [0.25, 0.3) is 0 Å². The molecule has 1 saturated heterocycles. The second kappa shape index (κ2) is 5.69.